The van der Waals surface area contributed by atoms with Crippen molar-refractivity contribution < 1.29 is 4.39 Å². The van der Waals surface area contributed by atoms with Crippen molar-refractivity contribution in [2.75, 3.05) is 0 Å². The highest BCUT2D eigenvalue weighted by molar-refractivity contribution is 5.20. The van der Waals surface area contributed by atoms with E-state index in [9.17, 15) is 4.39 Å². The Hall–Kier alpha value is -0.930. The Balaban J connectivity index is 2.89. The van der Waals surface area contributed by atoms with Gasteiger partial charge < -0.3 is 0 Å². The second-order valence-corrected chi connectivity index (χ2v) is 3.58. The molecule has 1 aromatic carbocycles. The topological polar surface area (TPSA) is 38.0 Å². The first kappa shape index (κ1) is 11.1. The van der Waals surface area contributed by atoms with Crippen molar-refractivity contribution in [3.05, 3.63) is 35.6 Å². The van der Waals surface area contributed by atoms with Gasteiger partial charge in [0.2, 0.25) is 0 Å². The third kappa shape index (κ3) is 2.53. The number of benzene rings is 1. The van der Waals surface area contributed by atoms with Gasteiger partial charge in [0.05, 0.1) is 0 Å². The lowest BCUT2D eigenvalue weighted by molar-refractivity contribution is 0.381. The minimum atomic E-state index is -0.217. The summed E-state index contributed by atoms with van der Waals surface area (Å²) in [5.74, 6) is 5.63. The van der Waals surface area contributed by atoms with Crippen molar-refractivity contribution in [1.82, 2.24) is 5.43 Å². The van der Waals surface area contributed by atoms with Gasteiger partial charge in [-0.2, -0.15) is 0 Å². The Morgan fingerprint density at radius 2 is 2.21 bits per heavy atom. The quantitative estimate of drug-likeness (QED) is 0.573. The Morgan fingerprint density at radius 3 is 2.71 bits per heavy atom. The summed E-state index contributed by atoms with van der Waals surface area (Å²) in [6.07, 6.45) is 1.01. The monoisotopic (exact) mass is 196 g/mol. The van der Waals surface area contributed by atoms with E-state index in [1.54, 1.807) is 6.07 Å². The first-order valence-electron chi connectivity index (χ1n) is 4.90. The minimum absolute atomic E-state index is 0.0238. The maximum Gasteiger partial charge on any atom is 0.123 e. The van der Waals surface area contributed by atoms with Gasteiger partial charge in [-0.05, 0) is 23.6 Å². The molecule has 0 fully saturated rings. The van der Waals surface area contributed by atoms with E-state index < -0.39 is 0 Å². The van der Waals surface area contributed by atoms with Gasteiger partial charge in [-0.25, -0.2) is 4.39 Å². The summed E-state index contributed by atoms with van der Waals surface area (Å²) in [5.41, 5.74) is 3.63. The molecule has 0 saturated heterocycles. The SMILES string of the molecule is CCC(C)C(NN)c1cccc(F)c1. The highest BCUT2D eigenvalue weighted by atomic mass is 19.1. The van der Waals surface area contributed by atoms with Crippen LogP contribution in [-0.4, -0.2) is 0 Å². The van der Waals surface area contributed by atoms with Gasteiger partial charge in [0.1, 0.15) is 5.82 Å². The van der Waals surface area contributed by atoms with Crippen LogP contribution < -0.4 is 11.3 Å². The van der Waals surface area contributed by atoms with Crippen molar-refractivity contribution >= 4 is 0 Å². The zero-order chi connectivity index (χ0) is 10.6. The lowest BCUT2D eigenvalue weighted by atomic mass is 9.93. The molecule has 0 aliphatic carbocycles. The molecule has 0 heterocycles. The molecule has 0 radical (unpaired) electrons. The Morgan fingerprint density at radius 1 is 1.50 bits per heavy atom. The summed E-state index contributed by atoms with van der Waals surface area (Å²) in [6.45, 7) is 4.18. The maximum atomic E-state index is 13.0. The van der Waals surface area contributed by atoms with E-state index in [0.717, 1.165) is 12.0 Å². The van der Waals surface area contributed by atoms with Crippen molar-refractivity contribution in [2.45, 2.75) is 26.3 Å². The van der Waals surface area contributed by atoms with Crippen LogP contribution in [0.3, 0.4) is 0 Å². The zero-order valence-electron chi connectivity index (χ0n) is 8.63. The molecule has 0 aliphatic heterocycles. The van der Waals surface area contributed by atoms with Gasteiger partial charge in [0.15, 0.2) is 0 Å². The van der Waals surface area contributed by atoms with Crippen molar-refractivity contribution in [3.63, 3.8) is 0 Å². The third-order valence-corrected chi connectivity index (χ3v) is 2.60. The number of halogens is 1. The molecule has 2 atom stereocenters. The maximum absolute atomic E-state index is 13.0. The van der Waals surface area contributed by atoms with Crippen LogP contribution in [0.25, 0.3) is 0 Å². The van der Waals surface area contributed by atoms with E-state index in [1.165, 1.54) is 12.1 Å². The summed E-state index contributed by atoms with van der Waals surface area (Å²) in [6, 6.07) is 6.58. The number of nitrogens with one attached hydrogen (secondary N) is 1. The molecular formula is C11H17FN2. The van der Waals surface area contributed by atoms with Crippen LogP contribution in [0.15, 0.2) is 24.3 Å². The summed E-state index contributed by atoms with van der Waals surface area (Å²) in [4.78, 5) is 0. The van der Waals surface area contributed by atoms with Crippen molar-refractivity contribution in [3.8, 4) is 0 Å². The van der Waals surface area contributed by atoms with Gasteiger partial charge in [-0.15, -0.1) is 0 Å². The molecule has 14 heavy (non-hydrogen) atoms. The van der Waals surface area contributed by atoms with Gasteiger partial charge in [-0.3, -0.25) is 11.3 Å². The van der Waals surface area contributed by atoms with Gasteiger partial charge in [0, 0.05) is 6.04 Å². The summed E-state index contributed by atoms with van der Waals surface area (Å²) < 4.78 is 13.0. The normalized spacial score (nSPS) is 15.1. The van der Waals surface area contributed by atoms with Crippen LogP contribution in [0.1, 0.15) is 31.9 Å². The Bertz CT molecular complexity index is 288. The fourth-order valence-electron chi connectivity index (χ4n) is 1.52. The van der Waals surface area contributed by atoms with E-state index in [4.69, 9.17) is 5.84 Å². The van der Waals surface area contributed by atoms with E-state index in [1.807, 2.05) is 6.07 Å². The molecule has 1 rings (SSSR count). The van der Waals surface area contributed by atoms with Crippen LogP contribution in [0.2, 0.25) is 0 Å². The summed E-state index contributed by atoms with van der Waals surface area (Å²) >= 11 is 0. The van der Waals surface area contributed by atoms with Crippen LogP contribution in [0.5, 0.6) is 0 Å². The molecular weight excluding hydrogens is 179 g/mol. The molecule has 0 spiro atoms. The van der Waals surface area contributed by atoms with Crippen LogP contribution >= 0.6 is 0 Å². The largest absolute Gasteiger partial charge is 0.271 e. The van der Waals surface area contributed by atoms with Crippen LogP contribution in [0.4, 0.5) is 4.39 Å². The minimum Gasteiger partial charge on any atom is -0.271 e. The molecule has 0 bridgehead atoms. The smallest absolute Gasteiger partial charge is 0.123 e. The highest BCUT2D eigenvalue weighted by Gasteiger charge is 2.16. The molecule has 1 aromatic rings. The molecule has 0 aliphatic rings. The van der Waals surface area contributed by atoms with E-state index in [0.29, 0.717) is 5.92 Å². The van der Waals surface area contributed by atoms with E-state index in [-0.39, 0.29) is 11.9 Å². The number of hydrazine groups is 1. The van der Waals surface area contributed by atoms with Gasteiger partial charge in [0.25, 0.3) is 0 Å². The van der Waals surface area contributed by atoms with Crippen molar-refractivity contribution in [1.29, 1.82) is 0 Å². The number of hydrogen-bond donors (Lipinski definition) is 2. The predicted octanol–water partition coefficient (Wildman–Crippen LogP) is 2.38. The number of hydrogen-bond acceptors (Lipinski definition) is 2. The fourth-order valence-corrected chi connectivity index (χ4v) is 1.52. The molecule has 3 heteroatoms. The zero-order valence-corrected chi connectivity index (χ0v) is 8.63. The molecule has 0 aromatic heterocycles. The highest BCUT2D eigenvalue weighted by Crippen LogP contribution is 2.23. The lowest BCUT2D eigenvalue weighted by Gasteiger charge is -2.22. The summed E-state index contributed by atoms with van der Waals surface area (Å²) in [5, 5.41) is 0. The van der Waals surface area contributed by atoms with Crippen molar-refractivity contribution in [2.24, 2.45) is 11.8 Å². The van der Waals surface area contributed by atoms with Gasteiger partial charge in [-0.1, -0.05) is 32.4 Å². The first-order chi connectivity index (χ1) is 6.69. The fraction of sp³-hybridized carbons (Fsp3) is 0.455. The molecule has 78 valence electrons. The molecule has 0 amide bonds. The third-order valence-electron chi connectivity index (χ3n) is 2.60. The predicted molar refractivity (Wildman–Crippen MR) is 55.9 cm³/mol. The molecule has 2 unspecified atom stereocenters. The second kappa shape index (κ2) is 5.08. The molecule has 3 N–H and O–H groups in total. The average Bonchev–Trinajstić information content (AvgIpc) is 2.19. The Labute approximate surface area is 84.3 Å². The Kier molecular flexibility index (Phi) is 4.04. The summed E-state index contributed by atoms with van der Waals surface area (Å²) in [7, 11) is 0. The lowest BCUT2D eigenvalue weighted by Crippen LogP contribution is -2.32. The number of rotatable bonds is 4. The molecule has 2 nitrogen and oxygen atoms in total. The van der Waals surface area contributed by atoms with Crippen LogP contribution in [0, 0.1) is 11.7 Å². The second-order valence-electron chi connectivity index (χ2n) is 3.58. The standard InChI is InChI=1S/C11H17FN2/c1-3-8(2)11(14-13)9-5-4-6-10(12)7-9/h4-8,11,14H,3,13H2,1-2H3. The van der Waals surface area contributed by atoms with E-state index in [2.05, 4.69) is 19.3 Å². The first-order valence-corrected chi connectivity index (χ1v) is 4.90. The van der Waals surface area contributed by atoms with E-state index >= 15 is 0 Å². The number of nitrogens with two attached hydrogens (primary N) is 1. The average molecular weight is 196 g/mol. The van der Waals surface area contributed by atoms with Crippen LogP contribution in [-0.2, 0) is 0 Å². The van der Waals surface area contributed by atoms with Gasteiger partial charge >= 0.3 is 0 Å². The molecule has 0 saturated carbocycles.